The molecule has 1 rings (SSSR count). The van der Waals surface area contributed by atoms with E-state index in [9.17, 15) is 9.59 Å². The van der Waals surface area contributed by atoms with Gasteiger partial charge in [0, 0.05) is 0 Å². The number of aryl methyl sites for hydroxylation is 1. The number of carbonyl (C=O) groups excluding carboxylic acids is 2. The third-order valence-electron chi connectivity index (χ3n) is 1.73. The van der Waals surface area contributed by atoms with E-state index in [2.05, 4.69) is 15.0 Å². The summed E-state index contributed by atoms with van der Waals surface area (Å²) in [7, 11) is 1.26. The number of rotatable bonds is 2. The first kappa shape index (κ1) is 14.4. The maximum Gasteiger partial charge on any atom is 0.412 e. The Kier molecular flexibility index (Phi) is 4.28. The number of aromatic nitrogens is 1. The van der Waals surface area contributed by atoms with Gasteiger partial charge in [0.2, 0.25) is 0 Å². The normalized spacial score (nSPS) is 10.9. The van der Waals surface area contributed by atoms with Gasteiger partial charge in [0.15, 0.2) is 5.69 Å². The maximum absolute atomic E-state index is 11.6. The van der Waals surface area contributed by atoms with E-state index in [1.165, 1.54) is 18.4 Å². The minimum atomic E-state index is -0.628. The van der Waals surface area contributed by atoms with Crippen LogP contribution in [0.15, 0.2) is 0 Å². The highest BCUT2D eigenvalue weighted by Gasteiger charge is 2.22. The first-order chi connectivity index (χ1) is 8.23. The number of methoxy groups -OCH3 is 1. The first-order valence-electron chi connectivity index (χ1n) is 5.28. The summed E-state index contributed by atoms with van der Waals surface area (Å²) in [6.45, 7) is 7.00. The SMILES string of the molecule is COC(=O)c1nc(C)sc1NC(=O)OC(C)(C)C. The molecule has 1 heterocycles. The van der Waals surface area contributed by atoms with Gasteiger partial charge in [0.05, 0.1) is 12.1 Å². The molecule has 1 amide bonds. The van der Waals surface area contributed by atoms with Gasteiger partial charge in [-0.05, 0) is 27.7 Å². The lowest BCUT2D eigenvalue weighted by Gasteiger charge is -2.19. The van der Waals surface area contributed by atoms with Crippen molar-refractivity contribution in [2.75, 3.05) is 12.4 Å². The highest BCUT2D eigenvalue weighted by atomic mass is 32.1. The predicted molar refractivity (Wildman–Crippen MR) is 68.0 cm³/mol. The van der Waals surface area contributed by atoms with Crippen LogP contribution in [0.25, 0.3) is 0 Å². The summed E-state index contributed by atoms with van der Waals surface area (Å²) in [6.07, 6.45) is -0.628. The molecule has 0 fully saturated rings. The van der Waals surface area contributed by atoms with Gasteiger partial charge in [-0.2, -0.15) is 0 Å². The molecule has 100 valence electrons. The van der Waals surface area contributed by atoms with Crippen LogP contribution in [0.5, 0.6) is 0 Å². The fraction of sp³-hybridized carbons (Fsp3) is 0.545. The Morgan fingerprint density at radius 3 is 2.44 bits per heavy atom. The average molecular weight is 272 g/mol. The van der Waals surface area contributed by atoms with Gasteiger partial charge in [-0.25, -0.2) is 14.6 Å². The van der Waals surface area contributed by atoms with Crippen molar-refractivity contribution in [2.45, 2.75) is 33.3 Å². The summed E-state index contributed by atoms with van der Waals surface area (Å²) in [5, 5.41) is 3.48. The molecule has 0 radical (unpaired) electrons. The van der Waals surface area contributed by atoms with Crippen LogP contribution in [0.3, 0.4) is 0 Å². The first-order valence-corrected chi connectivity index (χ1v) is 6.10. The number of carbonyl (C=O) groups is 2. The Hall–Kier alpha value is -1.63. The molecule has 0 bridgehead atoms. The van der Waals surface area contributed by atoms with Crippen molar-refractivity contribution in [1.29, 1.82) is 0 Å². The number of nitrogens with zero attached hydrogens (tertiary/aromatic N) is 1. The number of ether oxygens (including phenoxy) is 2. The molecule has 0 saturated carbocycles. The van der Waals surface area contributed by atoms with Crippen LogP contribution in [0.4, 0.5) is 9.80 Å². The van der Waals surface area contributed by atoms with Crippen molar-refractivity contribution >= 4 is 28.4 Å². The molecule has 0 aliphatic heterocycles. The van der Waals surface area contributed by atoms with Gasteiger partial charge in [-0.1, -0.05) is 0 Å². The van der Waals surface area contributed by atoms with Gasteiger partial charge in [-0.3, -0.25) is 5.32 Å². The monoisotopic (exact) mass is 272 g/mol. The van der Waals surface area contributed by atoms with Crippen molar-refractivity contribution in [1.82, 2.24) is 4.98 Å². The second-order valence-corrected chi connectivity index (χ2v) is 5.73. The highest BCUT2D eigenvalue weighted by molar-refractivity contribution is 7.16. The van der Waals surface area contributed by atoms with Crippen LogP contribution in [0.1, 0.15) is 36.3 Å². The van der Waals surface area contributed by atoms with Gasteiger partial charge in [0.1, 0.15) is 10.6 Å². The minimum Gasteiger partial charge on any atom is -0.464 e. The third-order valence-corrected chi connectivity index (χ3v) is 2.61. The fourth-order valence-corrected chi connectivity index (χ4v) is 1.94. The zero-order chi connectivity index (χ0) is 13.9. The lowest BCUT2D eigenvalue weighted by atomic mass is 10.2. The largest absolute Gasteiger partial charge is 0.464 e. The fourth-order valence-electron chi connectivity index (χ4n) is 1.14. The van der Waals surface area contributed by atoms with Gasteiger partial charge >= 0.3 is 12.1 Å². The summed E-state index contributed by atoms with van der Waals surface area (Å²) >= 11 is 1.19. The Morgan fingerprint density at radius 1 is 1.33 bits per heavy atom. The minimum absolute atomic E-state index is 0.0888. The predicted octanol–water partition coefficient (Wildman–Crippen LogP) is 2.59. The molecule has 7 heteroatoms. The molecular weight excluding hydrogens is 256 g/mol. The van der Waals surface area contributed by atoms with Crippen LogP contribution >= 0.6 is 11.3 Å². The molecule has 0 aliphatic carbocycles. The Bertz CT molecular complexity index is 462. The van der Waals surface area contributed by atoms with E-state index in [1.54, 1.807) is 27.7 Å². The van der Waals surface area contributed by atoms with E-state index < -0.39 is 17.7 Å². The zero-order valence-corrected chi connectivity index (χ0v) is 11.8. The Labute approximate surface area is 109 Å². The number of amides is 1. The van der Waals surface area contributed by atoms with Gasteiger partial charge in [0.25, 0.3) is 0 Å². The van der Waals surface area contributed by atoms with Crippen molar-refractivity contribution in [3.05, 3.63) is 10.7 Å². The molecule has 0 unspecified atom stereocenters. The second kappa shape index (κ2) is 5.34. The number of hydrogen-bond donors (Lipinski definition) is 1. The zero-order valence-electron chi connectivity index (χ0n) is 11.0. The van der Waals surface area contributed by atoms with Crippen molar-refractivity contribution in [3.63, 3.8) is 0 Å². The topological polar surface area (TPSA) is 77.5 Å². The van der Waals surface area contributed by atoms with Crippen molar-refractivity contribution in [3.8, 4) is 0 Å². The summed E-state index contributed by atoms with van der Waals surface area (Å²) in [4.78, 5) is 27.0. The molecule has 6 nitrogen and oxygen atoms in total. The Balaban J connectivity index is 2.84. The van der Waals surface area contributed by atoms with E-state index in [0.717, 1.165) is 0 Å². The number of hydrogen-bond acceptors (Lipinski definition) is 6. The van der Waals surface area contributed by atoms with Gasteiger partial charge < -0.3 is 9.47 Å². The van der Waals surface area contributed by atoms with E-state index in [-0.39, 0.29) is 5.69 Å². The molecule has 1 N–H and O–H groups in total. The summed E-state index contributed by atoms with van der Waals surface area (Å²) in [6, 6.07) is 0. The number of thiazole rings is 1. The van der Waals surface area contributed by atoms with E-state index in [4.69, 9.17) is 4.74 Å². The van der Waals surface area contributed by atoms with Crippen LogP contribution in [-0.4, -0.2) is 29.8 Å². The summed E-state index contributed by atoms with van der Waals surface area (Å²) in [5.41, 5.74) is -0.513. The lowest BCUT2D eigenvalue weighted by Crippen LogP contribution is -2.27. The third kappa shape index (κ3) is 3.99. The summed E-state index contributed by atoms with van der Waals surface area (Å²) < 4.78 is 9.68. The quantitative estimate of drug-likeness (QED) is 0.837. The van der Waals surface area contributed by atoms with Crippen LogP contribution in [-0.2, 0) is 9.47 Å². The molecule has 0 spiro atoms. The molecule has 1 aromatic rings. The highest BCUT2D eigenvalue weighted by Crippen LogP contribution is 2.25. The summed E-state index contributed by atoms with van der Waals surface area (Å²) in [5.74, 6) is -0.592. The molecule has 0 aliphatic rings. The van der Waals surface area contributed by atoms with E-state index in [1.807, 2.05) is 0 Å². The Morgan fingerprint density at radius 2 is 1.94 bits per heavy atom. The van der Waals surface area contributed by atoms with Crippen molar-refractivity contribution in [2.24, 2.45) is 0 Å². The van der Waals surface area contributed by atoms with E-state index >= 15 is 0 Å². The maximum atomic E-state index is 11.6. The molecule has 0 aromatic carbocycles. The molecule has 18 heavy (non-hydrogen) atoms. The molecule has 0 atom stereocenters. The van der Waals surface area contributed by atoms with Crippen LogP contribution in [0, 0.1) is 6.92 Å². The van der Waals surface area contributed by atoms with Gasteiger partial charge in [-0.15, -0.1) is 11.3 Å². The number of nitrogens with one attached hydrogen (secondary N) is 1. The molecule has 0 saturated heterocycles. The van der Waals surface area contributed by atoms with E-state index in [0.29, 0.717) is 10.0 Å². The number of anilines is 1. The average Bonchev–Trinajstić information content (AvgIpc) is 2.55. The standard InChI is InChI=1S/C11H16N2O4S/c1-6-12-7(9(14)16-5)8(18-6)13-10(15)17-11(2,3)4/h1-5H3,(H,13,15). The van der Waals surface area contributed by atoms with Crippen molar-refractivity contribution < 1.29 is 19.1 Å². The second-order valence-electron chi connectivity index (χ2n) is 4.53. The van der Waals surface area contributed by atoms with Crippen LogP contribution < -0.4 is 5.32 Å². The molecular formula is C11H16N2O4S. The van der Waals surface area contributed by atoms with Crippen LogP contribution in [0.2, 0.25) is 0 Å². The lowest BCUT2D eigenvalue weighted by molar-refractivity contribution is 0.0596. The number of esters is 1. The molecule has 1 aromatic heterocycles. The smallest absolute Gasteiger partial charge is 0.412 e.